The molecule has 3 rings (SSSR count). The number of nitrogens with one attached hydrogen (secondary N) is 1. The predicted molar refractivity (Wildman–Crippen MR) is 88.3 cm³/mol. The van der Waals surface area contributed by atoms with E-state index >= 15 is 0 Å². The molecule has 0 spiro atoms. The average Bonchev–Trinajstić information content (AvgIpc) is 3.21. The van der Waals surface area contributed by atoms with Crippen LogP contribution in [0.15, 0.2) is 17.5 Å². The van der Waals surface area contributed by atoms with E-state index in [1.54, 1.807) is 11.3 Å². The molecule has 0 unspecified atom stereocenters. The van der Waals surface area contributed by atoms with Gasteiger partial charge in [-0.25, -0.2) is 4.79 Å². The van der Waals surface area contributed by atoms with Crippen LogP contribution in [0, 0.1) is 0 Å². The second-order valence-corrected chi connectivity index (χ2v) is 7.07. The van der Waals surface area contributed by atoms with Crippen LogP contribution in [-0.2, 0) is 4.74 Å². The third kappa shape index (κ3) is 3.80. The van der Waals surface area contributed by atoms with Gasteiger partial charge in [0.05, 0.1) is 18.8 Å². The van der Waals surface area contributed by atoms with Crippen molar-refractivity contribution in [3.63, 3.8) is 0 Å². The number of carbonyl (C=O) groups is 1. The van der Waals surface area contributed by atoms with Crippen LogP contribution < -0.4 is 5.32 Å². The molecule has 0 bridgehead atoms. The van der Waals surface area contributed by atoms with Gasteiger partial charge in [0.2, 0.25) is 0 Å². The first-order valence-corrected chi connectivity index (χ1v) is 9.04. The molecule has 22 heavy (non-hydrogen) atoms. The van der Waals surface area contributed by atoms with Crippen LogP contribution in [0.3, 0.4) is 0 Å². The van der Waals surface area contributed by atoms with Crippen LogP contribution in [0.5, 0.6) is 0 Å². The summed E-state index contributed by atoms with van der Waals surface area (Å²) >= 11 is 1.78. The fraction of sp³-hybridized carbons (Fsp3) is 0.688. The molecule has 122 valence electrons. The molecule has 2 saturated heterocycles. The van der Waals surface area contributed by atoms with E-state index in [0.717, 1.165) is 13.1 Å². The van der Waals surface area contributed by atoms with Gasteiger partial charge in [-0.2, -0.15) is 0 Å². The van der Waals surface area contributed by atoms with Crippen LogP contribution in [-0.4, -0.2) is 61.3 Å². The lowest BCUT2D eigenvalue weighted by Crippen LogP contribution is -2.50. The second-order valence-electron chi connectivity index (χ2n) is 6.09. The van der Waals surface area contributed by atoms with Crippen LogP contribution in [0.2, 0.25) is 0 Å². The largest absolute Gasteiger partial charge is 0.375 e. The van der Waals surface area contributed by atoms with E-state index in [-0.39, 0.29) is 12.1 Å². The number of morpholine rings is 1. The number of carbonyl (C=O) groups excluding carboxylic acids is 1. The van der Waals surface area contributed by atoms with E-state index in [1.807, 2.05) is 11.8 Å². The molecule has 1 aromatic heterocycles. The maximum atomic E-state index is 12.4. The summed E-state index contributed by atoms with van der Waals surface area (Å²) in [7, 11) is 0. The molecule has 1 aromatic rings. The molecule has 0 aromatic carbocycles. The summed E-state index contributed by atoms with van der Waals surface area (Å²) in [6, 6.07) is 4.62. The lowest BCUT2D eigenvalue weighted by Gasteiger charge is -2.32. The van der Waals surface area contributed by atoms with Crippen molar-refractivity contribution in [2.45, 2.75) is 31.9 Å². The van der Waals surface area contributed by atoms with Crippen molar-refractivity contribution in [3.8, 4) is 0 Å². The lowest BCUT2D eigenvalue weighted by molar-refractivity contribution is -0.00366. The third-order valence-corrected chi connectivity index (χ3v) is 5.40. The van der Waals surface area contributed by atoms with Crippen LogP contribution in [0.1, 0.15) is 30.7 Å². The number of thiophene rings is 1. The van der Waals surface area contributed by atoms with Gasteiger partial charge < -0.3 is 15.0 Å². The first-order chi connectivity index (χ1) is 10.7. The van der Waals surface area contributed by atoms with Crippen LogP contribution in [0.25, 0.3) is 0 Å². The van der Waals surface area contributed by atoms with Gasteiger partial charge in [0.25, 0.3) is 0 Å². The van der Waals surface area contributed by atoms with Crippen molar-refractivity contribution in [1.82, 2.24) is 15.1 Å². The molecule has 0 saturated carbocycles. The predicted octanol–water partition coefficient (Wildman–Crippen LogP) is 2.32. The van der Waals surface area contributed by atoms with E-state index in [2.05, 4.69) is 27.7 Å². The number of hydrogen-bond acceptors (Lipinski definition) is 4. The lowest BCUT2D eigenvalue weighted by atomic mass is 10.2. The highest BCUT2D eigenvalue weighted by Gasteiger charge is 2.26. The SMILES string of the molecule is C[C@@H]1CN(C(=O)NC[C@@H](c2cccs2)N2CCCC2)CCO1. The molecule has 0 aliphatic carbocycles. The van der Waals surface area contributed by atoms with Crippen molar-refractivity contribution in [1.29, 1.82) is 0 Å². The number of ether oxygens (including phenoxy) is 1. The highest BCUT2D eigenvalue weighted by molar-refractivity contribution is 7.10. The highest BCUT2D eigenvalue weighted by Crippen LogP contribution is 2.27. The Hall–Kier alpha value is -1.11. The summed E-state index contributed by atoms with van der Waals surface area (Å²) < 4.78 is 5.50. The molecule has 2 atom stereocenters. The average molecular weight is 323 g/mol. The van der Waals surface area contributed by atoms with E-state index < -0.39 is 0 Å². The molecule has 2 aliphatic rings. The number of likely N-dealkylation sites (tertiary alicyclic amines) is 1. The quantitative estimate of drug-likeness (QED) is 0.925. The van der Waals surface area contributed by atoms with Gasteiger partial charge in [0, 0.05) is 24.5 Å². The monoisotopic (exact) mass is 323 g/mol. The Bertz CT molecular complexity index is 474. The number of nitrogens with zero attached hydrogens (tertiary/aromatic N) is 2. The minimum absolute atomic E-state index is 0.0379. The highest BCUT2D eigenvalue weighted by atomic mass is 32.1. The molecule has 5 nitrogen and oxygen atoms in total. The Morgan fingerprint density at radius 2 is 2.27 bits per heavy atom. The van der Waals surface area contributed by atoms with Gasteiger partial charge >= 0.3 is 6.03 Å². The van der Waals surface area contributed by atoms with Crippen molar-refractivity contribution in [2.75, 3.05) is 39.3 Å². The van der Waals surface area contributed by atoms with E-state index in [4.69, 9.17) is 4.74 Å². The third-order valence-electron chi connectivity index (χ3n) is 4.43. The fourth-order valence-electron chi connectivity index (χ4n) is 3.24. The molecule has 1 N–H and O–H groups in total. The maximum absolute atomic E-state index is 12.4. The van der Waals surface area contributed by atoms with Gasteiger partial charge in [-0.1, -0.05) is 6.07 Å². The van der Waals surface area contributed by atoms with Gasteiger partial charge in [-0.15, -0.1) is 11.3 Å². The zero-order valence-corrected chi connectivity index (χ0v) is 14.0. The van der Waals surface area contributed by atoms with Crippen LogP contribution >= 0.6 is 11.3 Å². The smallest absolute Gasteiger partial charge is 0.317 e. The summed E-state index contributed by atoms with van der Waals surface area (Å²) in [5.41, 5.74) is 0. The first-order valence-electron chi connectivity index (χ1n) is 8.16. The zero-order valence-electron chi connectivity index (χ0n) is 13.2. The van der Waals surface area contributed by atoms with Crippen molar-refractivity contribution < 1.29 is 9.53 Å². The van der Waals surface area contributed by atoms with Gasteiger partial charge in [0.1, 0.15) is 0 Å². The standard InChI is InChI=1S/C16H25N3O2S/c1-13-12-19(8-9-21-13)16(20)17-11-14(15-5-4-10-22-15)18-6-2-3-7-18/h4-5,10,13-14H,2-3,6-9,11-12H2,1H3,(H,17,20)/t13-,14+/m1/s1. The van der Waals surface area contributed by atoms with Crippen molar-refractivity contribution in [3.05, 3.63) is 22.4 Å². The summed E-state index contributed by atoms with van der Waals surface area (Å²) in [6.45, 7) is 6.96. The van der Waals surface area contributed by atoms with Crippen LogP contribution in [0.4, 0.5) is 4.79 Å². The summed E-state index contributed by atoms with van der Waals surface area (Å²) in [5, 5.41) is 5.25. The minimum atomic E-state index is 0.0379. The Morgan fingerprint density at radius 1 is 1.45 bits per heavy atom. The summed E-state index contributed by atoms with van der Waals surface area (Å²) in [4.78, 5) is 18.1. The van der Waals surface area contributed by atoms with E-state index in [9.17, 15) is 4.79 Å². The molecule has 2 amide bonds. The summed E-state index contributed by atoms with van der Waals surface area (Å²) in [6.07, 6.45) is 2.65. The Morgan fingerprint density at radius 3 is 2.95 bits per heavy atom. The van der Waals surface area contributed by atoms with Crippen molar-refractivity contribution in [2.24, 2.45) is 0 Å². The molecule has 0 radical (unpaired) electrons. The minimum Gasteiger partial charge on any atom is -0.375 e. The molecule has 6 heteroatoms. The normalized spacial score (nSPS) is 24.4. The first kappa shape index (κ1) is 15.8. The Labute approximate surface area is 136 Å². The zero-order chi connectivity index (χ0) is 15.4. The van der Waals surface area contributed by atoms with E-state index in [1.165, 1.54) is 17.7 Å². The number of rotatable bonds is 4. The van der Waals surface area contributed by atoms with E-state index in [0.29, 0.717) is 32.3 Å². The van der Waals surface area contributed by atoms with Gasteiger partial charge in [-0.05, 0) is 44.3 Å². The molecular formula is C16H25N3O2S. The number of amides is 2. The molecular weight excluding hydrogens is 298 g/mol. The van der Waals surface area contributed by atoms with Gasteiger partial charge in [-0.3, -0.25) is 4.90 Å². The molecule has 2 aliphatic heterocycles. The number of hydrogen-bond donors (Lipinski definition) is 1. The maximum Gasteiger partial charge on any atom is 0.317 e. The topological polar surface area (TPSA) is 44.8 Å². The van der Waals surface area contributed by atoms with Gasteiger partial charge in [0.15, 0.2) is 0 Å². The van der Waals surface area contributed by atoms with Crippen molar-refractivity contribution >= 4 is 17.4 Å². The summed E-state index contributed by atoms with van der Waals surface area (Å²) in [5.74, 6) is 0. The Balaban J connectivity index is 1.57. The fourth-order valence-corrected chi connectivity index (χ4v) is 4.10. The molecule has 3 heterocycles. The Kier molecular flexibility index (Phi) is 5.33. The second kappa shape index (κ2) is 7.44. The number of urea groups is 1. The molecule has 2 fully saturated rings.